The third-order valence-electron chi connectivity index (χ3n) is 3.30. The van der Waals surface area contributed by atoms with Gasteiger partial charge in [-0.15, -0.1) is 0 Å². The summed E-state index contributed by atoms with van der Waals surface area (Å²) in [7, 11) is 0. The smallest absolute Gasteiger partial charge is 0.234 e. The summed E-state index contributed by atoms with van der Waals surface area (Å²) in [5.74, 6) is 0.727. The van der Waals surface area contributed by atoms with Gasteiger partial charge in [0.15, 0.2) is 0 Å². The minimum atomic E-state index is 0.727. The van der Waals surface area contributed by atoms with E-state index in [4.69, 9.17) is 0 Å². The Balaban J connectivity index is 2.03. The Morgan fingerprint density at radius 1 is 0.895 bits per heavy atom. The van der Waals surface area contributed by atoms with Gasteiger partial charge in [-0.25, -0.2) is 9.97 Å². The van der Waals surface area contributed by atoms with E-state index in [2.05, 4.69) is 52.4 Å². The van der Waals surface area contributed by atoms with Crippen molar-refractivity contribution in [2.75, 3.05) is 0 Å². The van der Waals surface area contributed by atoms with Crippen molar-refractivity contribution in [3.05, 3.63) is 67.1 Å². The first kappa shape index (κ1) is 10.3. The van der Waals surface area contributed by atoms with Gasteiger partial charge in [0, 0.05) is 24.2 Å². The van der Waals surface area contributed by atoms with Crippen molar-refractivity contribution in [2.45, 2.75) is 0 Å². The molecule has 2 heterocycles. The fourth-order valence-corrected chi connectivity index (χ4v) is 2.41. The average Bonchev–Trinajstić information content (AvgIpc) is 2.90. The Morgan fingerprint density at radius 2 is 1.79 bits per heavy atom. The summed E-state index contributed by atoms with van der Waals surface area (Å²) in [6.45, 7) is 0. The summed E-state index contributed by atoms with van der Waals surface area (Å²) < 4.78 is 1.94. The van der Waals surface area contributed by atoms with E-state index in [0.717, 1.165) is 17.0 Å². The molecule has 0 aliphatic carbocycles. The molecule has 0 unspecified atom stereocenters. The summed E-state index contributed by atoms with van der Waals surface area (Å²) in [4.78, 5) is 8.84. The topological polar surface area (TPSA) is 30.2 Å². The summed E-state index contributed by atoms with van der Waals surface area (Å²) in [6.07, 6.45) is 5.74. The molecule has 4 aromatic rings. The highest BCUT2D eigenvalue weighted by molar-refractivity contribution is 5.95. The standard InChI is InChI=1S/C16H11N3/c1-2-7-13-12(5-1)6-3-8-14(13)15-11-19-10-4-9-17-16(19)18-15/h1-11H. The van der Waals surface area contributed by atoms with Gasteiger partial charge in [-0.2, -0.15) is 0 Å². The van der Waals surface area contributed by atoms with Crippen LogP contribution < -0.4 is 0 Å². The van der Waals surface area contributed by atoms with Gasteiger partial charge >= 0.3 is 0 Å². The Bertz CT molecular complexity index is 839. The van der Waals surface area contributed by atoms with Crippen LogP contribution in [0.15, 0.2) is 67.1 Å². The molecule has 0 atom stereocenters. The summed E-state index contributed by atoms with van der Waals surface area (Å²) >= 11 is 0. The Kier molecular flexibility index (Phi) is 2.12. The van der Waals surface area contributed by atoms with E-state index in [0.29, 0.717) is 0 Å². The molecule has 0 aliphatic rings. The normalized spacial score (nSPS) is 11.2. The number of nitrogens with zero attached hydrogens (tertiary/aromatic N) is 3. The first-order valence-electron chi connectivity index (χ1n) is 6.20. The molecule has 0 radical (unpaired) electrons. The van der Waals surface area contributed by atoms with Gasteiger partial charge < -0.3 is 0 Å². The van der Waals surface area contributed by atoms with Crippen LogP contribution in [0.4, 0.5) is 0 Å². The quantitative estimate of drug-likeness (QED) is 0.513. The molecule has 0 fully saturated rings. The summed E-state index contributed by atoms with van der Waals surface area (Å²) in [5.41, 5.74) is 2.10. The number of fused-ring (bicyclic) bond motifs is 2. The van der Waals surface area contributed by atoms with E-state index in [1.165, 1.54) is 10.8 Å². The van der Waals surface area contributed by atoms with Gasteiger partial charge in [0.25, 0.3) is 0 Å². The van der Waals surface area contributed by atoms with Crippen LogP contribution in [0, 0.1) is 0 Å². The van der Waals surface area contributed by atoms with Crippen molar-refractivity contribution in [1.82, 2.24) is 14.4 Å². The molecule has 2 aromatic heterocycles. The molecule has 0 N–H and O–H groups in total. The van der Waals surface area contributed by atoms with Crippen molar-refractivity contribution in [3.63, 3.8) is 0 Å². The Hall–Kier alpha value is -2.68. The molecule has 3 nitrogen and oxygen atoms in total. The zero-order valence-corrected chi connectivity index (χ0v) is 10.2. The minimum Gasteiger partial charge on any atom is -0.291 e. The molecule has 3 heteroatoms. The monoisotopic (exact) mass is 245 g/mol. The van der Waals surface area contributed by atoms with Crippen molar-refractivity contribution in [3.8, 4) is 11.3 Å². The van der Waals surface area contributed by atoms with Crippen LogP contribution in [0.2, 0.25) is 0 Å². The summed E-state index contributed by atoms with van der Waals surface area (Å²) in [5, 5.41) is 2.44. The lowest BCUT2D eigenvalue weighted by atomic mass is 10.0. The molecule has 90 valence electrons. The molecule has 0 saturated heterocycles. The van der Waals surface area contributed by atoms with Gasteiger partial charge in [-0.1, -0.05) is 42.5 Å². The van der Waals surface area contributed by atoms with E-state index >= 15 is 0 Å². The van der Waals surface area contributed by atoms with E-state index in [1.807, 2.05) is 22.9 Å². The van der Waals surface area contributed by atoms with Crippen molar-refractivity contribution in [1.29, 1.82) is 0 Å². The highest BCUT2D eigenvalue weighted by Crippen LogP contribution is 2.27. The number of hydrogen-bond donors (Lipinski definition) is 0. The zero-order valence-electron chi connectivity index (χ0n) is 10.2. The van der Waals surface area contributed by atoms with E-state index in [1.54, 1.807) is 6.20 Å². The number of hydrogen-bond acceptors (Lipinski definition) is 2. The van der Waals surface area contributed by atoms with E-state index < -0.39 is 0 Å². The second-order valence-corrected chi connectivity index (χ2v) is 4.48. The Labute approximate surface area is 110 Å². The predicted molar refractivity (Wildman–Crippen MR) is 75.9 cm³/mol. The number of rotatable bonds is 1. The zero-order chi connectivity index (χ0) is 12.7. The van der Waals surface area contributed by atoms with Gasteiger partial charge in [0.2, 0.25) is 5.78 Å². The van der Waals surface area contributed by atoms with Crippen LogP contribution in [0.5, 0.6) is 0 Å². The lowest BCUT2D eigenvalue weighted by molar-refractivity contribution is 1.11. The number of aromatic nitrogens is 3. The molecular weight excluding hydrogens is 234 g/mol. The maximum Gasteiger partial charge on any atom is 0.234 e. The molecule has 2 aromatic carbocycles. The second-order valence-electron chi connectivity index (χ2n) is 4.48. The molecule has 0 amide bonds. The molecule has 0 spiro atoms. The lowest BCUT2D eigenvalue weighted by Gasteiger charge is -2.02. The van der Waals surface area contributed by atoms with E-state index in [9.17, 15) is 0 Å². The van der Waals surface area contributed by atoms with Gasteiger partial charge in [0.05, 0.1) is 5.69 Å². The van der Waals surface area contributed by atoms with Crippen LogP contribution in [0.1, 0.15) is 0 Å². The van der Waals surface area contributed by atoms with Crippen LogP contribution >= 0.6 is 0 Å². The van der Waals surface area contributed by atoms with Crippen LogP contribution in [0.25, 0.3) is 27.8 Å². The molecule has 19 heavy (non-hydrogen) atoms. The molecule has 0 aliphatic heterocycles. The second kappa shape index (κ2) is 3.92. The highest BCUT2D eigenvalue weighted by Gasteiger charge is 2.07. The van der Waals surface area contributed by atoms with Gasteiger partial charge in [-0.3, -0.25) is 4.40 Å². The molecule has 0 saturated carbocycles. The largest absolute Gasteiger partial charge is 0.291 e. The first-order valence-corrected chi connectivity index (χ1v) is 6.20. The third kappa shape index (κ3) is 1.59. The van der Waals surface area contributed by atoms with Crippen molar-refractivity contribution in [2.24, 2.45) is 0 Å². The summed E-state index contributed by atoms with van der Waals surface area (Å²) in [6, 6.07) is 16.5. The van der Waals surface area contributed by atoms with Crippen LogP contribution in [0.3, 0.4) is 0 Å². The molecule has 0 bridgehead atoms. The fourth-order valence-electron chi connectivity index (χ4n) is 2.41. The average molecular weight is 245 g/mol. The van der Waals surface area contributed by atoms with Crippen LogP contribution in [-0.2, 0) is 0 Å². The Morgan fingerprint density at radius 3 is 2.74 bits per heavy atom. The maximum absolute atomic E-state index is 4.58. The van der Waals surface area contributed by atoms with Gasteiger partial charge in [-0.05, 0) is 16.8 Å². The maximum atomic E-state index is 4.58. The third-order valence-corrected chi connectivity index (χ3v) is 3.30. The molecular formula is C16H11N3. The van der Waals surface area contributed by atoms with Crippen molar-refractivity contribution >= 4 is 16.6 Å². The minimum absolute atomic E-state index is 0.727. The van der Waals surface area contributed by atoms with E-state index in [-0.39, 0.29) is 0 Å². The number of benzene rings is 2. The fraction of sp³-hybridized carbons (Fsp3) is 0. The number of imidazole rings is 1. The lowest BCUT2D eigenvalue weighted by Crippen LogP contribution is -1.83. The first-order chi connectivity index (χ1) is 9.42. The highest BCUT2D eigenvalue weighted by atomic mass is 15.1. The predicted octanol–water partition coefficient (Wildman–Crippen LogP) is 3.55. The van der Waals surface area contributed by atoms with Crippen molar-refractivity contribution < 1.29 is 0 Å². The SMILES string of the molecule is c1ccc2c(-c3cn4cccnc4n3)cccc2c1. The molecule has 4 rings (SSSR count). The van der Waals surface area contributed by atoms with Crippen LogP contribution in [-0.4, -0.2) is 14.4 Å². The van der Waals surface area contributed by atoms with Gasteiger partial charge in [0.1, 0.15) is 0 Å².